The predicted molar refractivity (Wildman–Crippen MR) is 92.7 cm³/mol. The van der Waals surface area contributed by atoms with Gasteiger partial charge in [-0.2, -0.15) is 5.10 Å². The Morgan fingerprint density at radius 2 is 2.04 bits per heavy atom. The normalized spacial score (nSPS) is 16.4. The molecule has 7 heteroatoms. The van der Waals surface area contributed by atoms with Gasteiger partial charge in [0.05, 0.1) is 18.4 Å². The molecule has 1 aliphatic rings. The molecule has 0 unspecified atom stereocenters. The van der Waals surface area contributed by atoms with Gasteiger partial charge in [-0.05, 0) is 32.9 Å². The van der Waals surface area contributed by atoms with Crippen LogP contribution in [0, 0.1) is 6.92 Å². The second-order valence-corrected chi connectivity index (χ2v) is 6.63. The standard InChI is InChI=1S/C18H22N6O/c1-13-16(10-21-23(13)2)17-9-15(25-22-17)12-24-7-3-14(4-8-24)18-11-19-5-6-20-18/h5-6,9-11,14H,3-4,7-8,12H2,1-2H3. The van der Waals surface area contributed by atoms with Crippen molar-refractivity contribution in [1.29, 1.82) is 0 Å². The lowest BCUT2D eigenvalue weighted by Crippen LogP contribution is -2.32. The fourth-order valence-electron chi connectivity index (χ4n) is 3.39. The third-order valence-corrected chi connectivity index (χ3v) is 5.04. The van der Waals surface area contributed by atoms with E-state index in [2.05, 4.69) is 25.1 Å². The number of rotatable bonds is 4. The number of aryl methyl sites for hydroxylation is 1. The smallest absolute Gasteiger partial charge is 0.151 e. The van der Waals surface area contributed by atoms with Gasteiger partial charge < -0.3 is 4.52 Å². The Morgan fingerprint density at radius 1 is 1.20 bits per heavy atom. The van der Waals surface area contributed by atoms with Gasteiger partial charge in [-0.25, -0.2) is 0 Å². The van der Waals surface area contributed by atoms with Crippen molar-refractivity contribution in [2.45, 2.75) is 32.2 Å². The summed E-state index contributed by atoms with van der Waals surface area (Å²) in [5, 5.41) is 8.48. The van der Waals surface area contributed by atoms with Crippen molar-refractivity contribution >= 4 is 0 Å². The van der Waals surface area contributed by atoms with E-state index in [9.17, 15) is 0 Å². The van der Waals surface area contributed by atoms with Crippen LogP contribution in [0.3, 0.4) is 0 Å². The lowest BCUT2D eigenvalue weighted by molar-refractivity contribution is 0.183. The summed E-state index contributed by atoms with van der Waals surface area (Å²) in [5.41, 5.74) is 4.08. The van der Waals surface area contributed by atoms with Crippen LogP contribution in [0.25, 0.3) is 11.3 Å². The molecule has 1 fully saturated rings. The Labute approximate surface area is 146 Å². The van der Waals surface area contributed by atoms with Gasteiger partial charge in [0, 0.05) is 48.9 Å². The second kappa shape index (κ2) is 6.76. The van der Waals surface area contributed by atoms with Gasteiger partial charge in [0.15, 0.2) is 5.76 Å². The molecule has 0 aliphatic carbocycles. The van der Waals surface area contributed by atoms with Gasteiger partial charge in [0.25, 0.3) is 0 Å². The van der Waals surface area contributed by atoms with Crippen LogP contribution in [0.2, 0.25) is 0 Å². The van der Waals surface area contributed by atoms with E-state index in [1.54, 1.807) is 12.4 Å². The van der Waals surface area contributed by atoms with Gasteiger partial charge in [0.1, 0.15) is 5.69 Å². The van der Waals surface area contributed by atoms with E-state index in [-0.39, 0.29) is 0 Å². The van der Waals surface area contributed by atoms with E-state index >= 15 is 0 Å². The zero-order chi connectivity index (χ0) is 17.2. The number of hydrogen-bond donors (Lipinski definition) is 0. The summed E-state index contributed by atoms with van der Waals surface area (Å²) < 4.78 is 7.39. The lowest BCUT2D eigenvalue weighted by atomic mass is 9.94. The zero-order valence-corrected chi connectivity index (χ0v) is 14.6. The molecule has 1 aliphatic heterocycles. The van der Waals surface area contributed by atoms with Crippen molar-refractivity contribution in [3.05, 3.63) is 48.0 Å². The number of aromatic nitrogens is 5. The molecule has 7 nitrogen and oxygen atoms in total. The van der Waals surface area contributed by atoms with Crippen LogP contribution in [0.5, 0.6) is 0 Å². The number of piperidine rings is 1. The first-order valence-electron chi connectivity index (χ1n) is 8.63. The molecule has 0 radical (unpaired) electrons. The van der Waals surface area contributed by atoms with E-state index in [0.29, 0.717) is 5.92 Å². The van der Waals surface area contributed by atoms with Crippen molar-refractivity contribution in [3.63, 3.8) is 0 Å². The quantitative estimate of drug-likeness (QED) is 0.728. The van der Waals surface area contributed by atoms with E-state index in [1.165, 1.54) is 0 Å². The zero-order valence-electron chi connectivity index (χ0n) is 14.6. The van der Waals surface area contributed by atoms with Gasteiger partial charge in [0.2, 0.25) is 0 Å². The first-order chi connectivity index (χ1) is 12.2. The Hall–Kier alpha value is -2.54. The van der Waals surface area contributed by atoms with E-state index in [4.69, 9.17) is 4.52 Å². The van der Waals surface area contributed by atoms with Gasteiger partial charge in [-0.1, -0.05) is 5.16 Å². The number of nitrogens with zero attached hydrogens (tertiary/aromatic N) is 6. The minimum Gasteiger partial charge on any atom is -0.359 e. The van der Waals surface area contributed by atoms with Crippen LogP contribution in [-0.2, 0) is 13.6 Å². The molecule has 0 spiro atoms. The summed E-state index contributed by atoms with van der Waals surface area (Å²) in [6.45, 7) is 4.89. The number of likely N-dealkylation sites (tertiary alicyclic amines) is 1. The van der Waals surface area contributed by atoms with Crippen molar-refractivity contribution in [3.8, 4) is 11.3 Å². The number of hydrogen-bond acceptors (Lipinski definition) is 6. The first kappa shape index (κ1) is 16.0. The van der Waals surface area contributed by atoms with Gasteiger partial charge >= 0.3 is 0 Å². The maximum Gasteiger partial charge on any atom is 0.151 e. The molecule has 0 amide bonds. The SMILES string of the molecule is Cc1c(-c2cc(CN3CCC(c4cnccn4)CC3)on2)cnn1C. The Balaban J connectivity index is 1.37. The summed E-state index contributed by atoms with van der Waals surface area (Å²) >= 11 is 0. The molecule has 0 saturated carbocycles. The van der Waals surface area contributed by atoms with Crippen LogP contribution < -0.4 is 0 Å². The summed E-state index contributed by atoms with van der Waals surface area (Å²) in [6, 6.07) is 2.03. The molecule has 130 valence electrons. The average molecular weight is 338 g/mol. The summed E-state index contributed by atoms with van der Waals surface area (Å²) in [7, 11) is 1.93. The highest BCUT2D eigenvalue weighted by Gasteiger charge is 2.23. The van der Waals surface area contributed by atoms with Crippen LogP contribution in [0.1, 0.15) is 35.9 Å². The third-order valence-electron chi connectivity index (χ3n) is 5.04. The molecular weight excluding hydrogens is 316 g/mol. The molecule has 0 bridgehead atoms. The summed E-state index contributed by atoms with van der Waals surface area (Å²) in [4.78, 5) is 11.0. The molecule has 25 heavy (non-hydrogen) atoms. The molecule has 4 heterocycles. The molecular formula is C18H22N6O. The van der Waals surface area contributed by atoms with Crippen molar-refractivity contribution in [2.75, 3.05) is 13.1 Å². The first-order valence-corrected chi connectivity index (χ1v) is 8.63. The van der Waals surface area contributed by atoms with Crippen LogP contribution >= 0.6 is 0 Å². The van der Waals surface area contributed by atoms with E-state index in [0.717, 1.165) is 60.9 Å². The molecule has 0 N–H and O–H groups in total. The maximum absolute atomic E-state index is 5.55. The second-order valence-electron chi connectivity index (χ2n) is 6.63. The predicted octanol–water partition coefficient (Wildman–Crippen LogP) is 2.55. The largest absolute Gasteiger partial charge is 0.359 e. The van der Waals surface area contributed by atoms with Gasteiger partial charge in [-0.3, -0.25) is 19.5 Å². The van der Waals surface area contributed by atoms with Crippen LogP contribution in [0.15, 0.2) is 35.4 Å². The molecule has 3 aromatic rings. The highest BCUT2D eigenvalue weighted by molar-refractivity contribution is 5.60. The maximum atomic E-state index is 5.55. The third kappa shape index (κ3) is 3.32. The highest BCUT2D eigenvalue weighted by Crippen LogP contribution is 2.28. The van der Waals surface area contributed by atoms with Crippen LogP contribution in [-0.4, -0.2) is 42.9 Å². The fourth-order valence-corrected chi connectivity index (χ4v) is 3.39. The Kier molecular flexibility index (Phi) is 4.31. The van der Waals surface area contributed by atoms with Crippen molar-refractivity contribution < 1.29 is 4.52 Å². The summed E-state index contributed by atoms with van der Waals surface area (Å²) in [6.07, 6.45) is 9.42. The van der Waals surface area contributed by atoms with E-state index < -0.39 is 0 Å². The molecule has 4 rings (SSSR count). The highest BCUT2D eigenvalue weighted by atomic mass is 16.5. The average Bonchev–Trinajstić information content (AvgIpc) is 3.23. The topological polar surface area (TPSA) is 72.9 Å². The molecule has 1 saturated heterocycles. The van der Waals surface area contributed by atoms with Crippen molar-refractivity contribution in [1.82, 2.24) is 29.8 Å². The molecule has 0 atom stereocenters. The Bertz CT molecular complexity index is 832. The van der Waals surface area contributed by atoms with E-state index in [1.807, 2.05) is 37.1 Å². The molecule has 3 aromatic heterocycles. The fraction of sp³-hybridized carbons (Fsp3) is 0.444. The summed E-state index contributed by atoms with van der Waals surface area (Å²) in [5.74, 6) is 1.41. The Morgan fingerprint density at radius 3 is 2.72 bits per heavy atom. The minimum atomic E-state index is 0.508. The monoisotopic (exact) mass is 338 g/mol. The lowest BCUT2D eigenvalue weighted by Gasteiger charge is -2.30. The van der Waals surface area contributed by atoms with Crippen LogP contribution in [0.4, 0.5) is 0 Å². The van der Waals surface area contributed by atoms with Crippen molar-refractivity contribution in [2.24, 2.45) is 7.05 Å². The van der Waals surface area contributed by atoms with Gasteiger partial charge in [-0.15, -0.1) is 0 Å². The molecule has 0 aromatic carbocycles. The minimum absolute atomic E-state index is 0.508.